The molecule has 1 heterocycles. The van der Waals surface area contributed by atoms with E-state index in [1.54, 1.807) is 0 Å². The number of anilines is 1. The van der Waals surface area contributed by atoms with Crippen molar-refractivity contribution in [1.29, 1.82) is 0 Å². The number of nitrogens with zero attached hydrogens (tertiary/aromatic N) is 2. The average Bonchev–Trinajstić information content (AvgIpc) is 2.86. The molecule has 4 rings (SSSR count). The summed E-state index contributed by atoms with van der Waals surface area (Å²) in [5.74, 6) is -1.71. The molecule has 1 aliphatic heterocycles. The van der Waals surface area contributed by atoms with E-state index >= 15 is 0 Å². The van der Waals surface area contributed by atoms with Crippen molar-refractivity contribution < 1.29 is 26.8 Å². The molecule has 36 heavy (non-hydrogen) atoms. The molecule has 1 saturated heterocycles. The van der Waals surface area contributed by atoms with Crippen molar-refractivity contribution in [2.24, 2.45) is 5.73 Å². The van der Waals surface area contributed by atoms with E-state index in [0.717, 1.165) is 46.3 Å². The van der Waals surface area contributed by atoms with Gasteiger partial charge in [0.1, 0.15) is 11.6 Å². The standard InChI is InChI=1S/C24H29F2N5O4S/c25-16-2-8-20(9-3-16)29-24(33)30-14-1-15-31(36(34,35)21-12-4-17(26)5-13-21)23(30)22(32)28-19-10-6-18(27)7-11-19/h2-5,8-9,12-13,18-19,23H,1,6-7,10-11,14-15,27H2,(H,28,32)(H,29,33). The minimum absolute atomic E-state index is 0.00628. The number of carbonyl (C=O) groups is 2. The fraction of sp³-hybridized carbons (Fsp3) is 0.417. The van der Waals surface area contributed by atoms with Crippen LogP contribution < -0.4 is 16.4 Å². The number of hydrogen-bond donors (Lipinski definition) is 3. The number of urea groups is 1. The largest absolute Gasteiger partial charge is 0.350 e. The van der Waals surface area contributed by atoms with Crippen LogP contribution in [0.25, 0.3) is 0 Å². The van der Waals surface area contributed by atoms with Crippen molar-refractivity contribution in [2.45, 2.75) is 55.2 Å². The second kappa shape index (κ2) is 10.9. The first kappa shape index (κ1) is 26.0. The molecule has 1 aliphatic carbocycles. The highest BCUT2D eigenvalue weighted by atomic mass is 32.2. The molecule has 12 heteroatoms. The molecule has 1 atom stereocenters. The van der Waals surface area contributed by atoms with Gasteiger partial charge in [-0.15, -0.1) is 0 Å². The molecule has 0 radical (unpaired) electrons. The van der Waals surface area contributed by atoms with Crippen LogP contribution in [-0.4, -0.2) is 60.9 Å². The fourth-order valence-corrected chi connectivity index (χ4v) is 6.14. The molecule has 2 aliphatic rings. The highest BCUT2D eigenvalue weighted by molar-refractivity contribution is 7.89. The summed E-state index contributed by atoms with van der Waals surface area (Å²) in [5, 5.41) is 5.50. The van der Waals surface area contributed by atoms with E-state index in [1.165, 1.54) is 24.3 Å². The van der Waals surface area contributed by atoms with E-state index in [9.17, 15) is 26.8 Å². The zero-order chi connectivity index (χ0) is 25.9. The number of sulfonamides is 1. The summed E-state index contributed by atoms with van der Waals surface area (Å²) in [7, 11) is -4.25. The van der Waals surface area contributed by atoms with Crippen molar-refractivity contribution in [2.75, 3.05) is 18.4 Å². The molecule has 4 N–H and O–H groups in total. The monoisotopic (exact) mass is 521 g/mol. The van der Waals surface area contributed by atoms with Crippen LogP contribution in [0.5, 0.6) is 0 Å². The first-order chi connectivity index (χ1) is 17.1. The number of nitrogens with two attached hydrogens (primary N) is 1. The van der Waals surface area contributed by atoms with Gasteiger partial charge in [-0.3, -0.25) is 9.69 Å². The first-order valence-corrected chi connectivity index (χ1v) is 13.3. The topological polar surface area (TPSA) is 125 Å². The van der Waals surface area contributed by atoms with E-state index in [4.69, 9.17) is 5.73 Å². The van der Waals surface area contributed by atoms with Crippen LogP contribution in [0.1, 0.15) is 32.1 Å². The zero-order valence-corrected chi connectivity index (χ0v) is 20.4. The smallest absolute Gasteiger partial charge is 0.323 e. The highest BCUT2D eigenvalue weighted by Crippen LogP contribution is 2.26. The number of amides is 3. The number of benzene rings is 2. The second-order valence-electron chi connectivity index (χ2n) is 9.05. The number of rotatable bonds is 5. The Kier molecular flexibility index (Phi) is 7.86. The summed E-state index contributed by atoms with van der Waals surface area (Å²) >= 11 is 0. The SMILES string of the molecule is NC1CCC(NC(=O)C2N(C(=O)Nc3ccc(F)cc3)CCCN2S(=O)(=O)c2ccc(F)cc2)CC1. The van der Waals surface area contributed by atoms with Gasteiger partial charge in [0.15, 0.2) is 6.17 Å². The van der Waals surface area contributed by atoms with Gasteiger partial charge in [-0.25, -0.2) is 22.0 Å². The van der Waals surface area contributed by atoms with Gasteiger partial charge in [-0.05, 0) is 80.6 Å². The van der Waals surface area contributed by atoms with E-state index in [-0.39, 0.29) is 36.5 Å². The van der Waals surface area contributed by atoms with Gasteiger partial charge in [-0.1, -0.05) is 0 Å². The fourth-order valence-electron chi connectivity index (χ4n) is 4.54. The lowest BCUT2D eigenvalue weighted by Crippen LogP contribution is -2.65. The number of carbonyl (C=O) groups excluding carboxylic acids is 2. The van der Waals surface area contributed by atoms with E-state index in [1.807, 2.05) is 0 Å². The predicted octanol–water partition coefficient (Wildman–Crippen LogP) is 2.61. The minimum atomic E-state index is -4.25. The molecular weight excluding hydrogens is 492 g/mol. The van der Waals surface area contributed by atoms with Crippen LogP contribution >= 0.6 is 0 Å². The van der Waals surface area contributed by atoms with Gasteiger partial charge in [0, 0.05) is 30.9 Å². The Hall–Kier alpha value is -3.09. The van der Waals surface area contributed by atoms with Crippen LogP contribution in [0.2, 0.25) is 0 Å². The van der Waals surface area contributed by atoms with Crippen molar-refractivity contribution in [3.8, 4) is 0 Å². The summed E-state index contributed by atoms with van der Waals surface area (Å²) in [6.45, 7) is 0.115. The van der Waals surface area contributed by atoms with Crippen LogP contribution in [0.4, 0.5) is 19.3 Å². The minimum Gasteiger partial charge on any atom is -0.350 e. The van der Waals surface area contributed by atoms with E-state index < -0.39 is 39.8 Å². The van der Waals surface area contributed by atoms with Crippen LogP contribution in [0.3, 0.4) is 0 Å². The lowest BCUT2D eigenvalue weighted by molar-refractivity contribution is -0.131. The third kappa shape index (κ3) is 5.82. The Bertz CT molecular complexity index is 1190. The summed E-state index contributed by atoms with van der Waals surface area (Å²) in [4.78, 5) is 27.7. The van der Waals surface area contributed by atoms with E-state index in [2.05, 4.69) is 10.6 Å². The molecule has 2 aromatic rings. The van der Waals surface area contributed by atoms with E-state index in [0.29, 0.717) is 18.5 Å². The van der Waals surface area contributed by atoms with Gasteiger partial charge in [0.25, 0.3) is 5.91 Å². The Morgan fingerprint density at radius 2 is 1.47 bits per heavy atom. The molecule has 2 aromatic carbocycles. The van der Waals surface area contributed by atoms with Crippen molar-refractivity contribution in [1.82, 2.24) is 14.5 Å². The Morgan fingerprint density at radius 3 is 2.08 bits per heavy atom. The molecule has 1 unspecified atom stereocenters. The maximum atomic E-state index is 13.5. The molecule has 3 amide bonds. The molecule has 1 saturated carbocycles. The molecule has 0 spiro atoms. The van der Waals surface area contributed by atoms with Gasteiger partial charge >= 0.3 is 6.03 Å². The van der Waals surface area contributed by atoms with Crippen LogP contribution in [0.15, 0.2) is 53.4 Å². The normalized spacial score (nSPS) is 23.2. The van der Waals surface area contributed by atoms with Gasteiger partial charge in [-0.2, -0.15) is 4.31 Å². The van der Waals surface area contributed by atoms with Crippen LogP contribution in [0, 0.1) is 11.6 Å². The van der Waals surface area contributed by atoms with Gasteiger partial charge in [0.2, 0.25) is 10.0 Å². The van der Waals surface area contributed by atoms with Crippen molar-refractivity contribution in [3.63, 3.8) is 0 Å². The van der Waals surface area contributed by atoms with Crippen molar-refractivity contribution >= 4 is 27.6 Å². The molecule has 194 valence electrons. The molecule has 9 nitrogen and oxygen atoms in total. The summed E-state index contributed by atoms with van der Waals surface area (Å²) in [5.41, 5.74) is 6.25. The third-order valence-corrected chi connectivity index (χ3v) is 8.34. The maximum Gasteiger partial charge on any atom is 0.323 e. The molecule has 2 fully saturated rings. The predicted molar refractivity (Wildman–Crippen MR) is 129 cm³/mol. The third-order valence-electron chi connectivity index (χ3n) is 6.47. The van der Waals surface area contributed by atoms with Crippen LogP contribution in [-0.2, 0) is 14.8 Å². The van der Waals surface area contributed by atoms with Gasteiger partial charge < -0.3 is 16.4 Å². The Morgan fingerprint density at radius 1 is 0.889 bits per heavy atom. The molecule has 0 bridgehead atoms. The second-order valence-corrected chi connectivity index (χ2v) is 10.9. The number of halogens is 2. The average molecular weight is 522 g/mol. The maximum absolute atomic E-state index is 13.5. The zero-order valence-electron chi connectivity index (χ0n) is 19.6. The first-order valence-electron chi connectivity index (χ1n) is 11.8. The summed E-state index contributed by atoms with van der Waals surface area (Å²) in [6, 6.07) is 8.54. The Labute approximate surface area is 208 Å². The number of hydrogen-bond acceptors (Lipinski definition) is 5. The number of nitrogens with one attached hydrogen (secondary N) is 2. The van der Waals surface area contributed by atoms with Crippen molar-refractivity contribution in [3.05, 3.63) is 60.2 Å². The summed E-state index contributed by atoms with van der Waals surface area (Å²) in [6.07, 6.45) is 1.55. The Balaban J connectivity index is 1.63. The molecular formula is C24H29F2N5O4S. The lowest BCUT2D eigenvalue weighted by Gasteiger charge is -2.42. The van der Waals surface area contributed by atoms with Gasteiger partial charge in [0.05, 0.1) is 4.90 Å². The summed E-state index contributed by atoms with van der Waals surface area (Å²) < 4.78 is 54.7. The lowest BCUT2D eigenvalue weighted by atomic mass is 9.92. The highest BCUT2D eigenvalue weighted by Gasteiger charge is 2.44. The quantitative estimate of drug-likeness (QED) is 0.558. The molecule has 0 aromatic heterocycles.